The van der Waals surface area contributed by atoms with Gasteiger partial charge < -0.3 is 5.11 Å². The normalized spacial score (nSPS) is 14.7. The molecule has 2 amide bonds. The van der Waals surface area contributed by atoms with Crippen LogP contribution in [0.2, 0.25) is 0 Å². The number of hydrogen-bond acceptors (Lipinski definition) is 4. The highest BCUT2D eigenvalue weighted by Crippen LogP contribution is 2.30. The summed E-state index contributed by atoms with van der Waals surface area (Å²) >= 11 is 0. The minimum absolute atomic E-state index is 0.240. The topological polar surface area (TPSA) is 90.0 Å². The summed E-state index contributed by atoms with van der Waals surface area (Å²) < 4.78 is 0. The Kier molecular flexibility index (Phi) is 7.57. The molecular weight excluding hydrogens is 442 g/mol. The smallest absolute Gasteiger partial charge is 0.377 e. The first kappa shape index (κ1) is 24.2. The first-order chi connectivity index (χ1) is 16.9. The molecule has 1 aliphatic rings. The largest absolute Gasteiger partial charge is 0.475 e. The van der Waals surface area contributed by atoms with E-state index in [1.165, 1.54) is 0 Å². The second-order valence-electron chi connectivity index (χ2n) is 8.82. The maximum atomic E-state index is 13.2. The van der Waals surface area contributed by atoms with E-state index in [1.807, 2.05) is 73.8 Å². The Hall–Kier alpha value is -3.97. The van der Waals surface area contributed by atoms with Crippen molar-refractivity contribution in [3.8, 4) is 0 Å². The van der Waals surface area contributed by atoms with Crippen molar-refractivity contribution in [1.82, 2.24) is 10.4 Å². The van der Waals surface area contributed by atoms with Gasteiger partial charge in [0.1, 0.15) is 0 Å². The molecule has 0 spiro atoms. The van der Waals surface area contributed by atoms with Crippen molar-refractivity contribution in [2.75, 3.05) is 18.5 Å². The van der Waals surface area contributed by atoms with Crippen LogP contribution < -0.4 is 10.3 Å². The highest BCUT2D eigenvalue weighted by molar-refractivity contribution is 6.40. The number of urea groups is 1. The van der Waals surface area contributed by atoms with E-state index in [0.717, 1.165) is 41.8 Å². The van der Waals surface area contributed by atoms with Crippen molar-refractivity contribution in [3.05, 3.63) is 95.6 Å². The van der Waals surface area contributed by atoms with Gasteiger partial charge in [0.05, 0.1) is 11.4 Å². The molecule has 1 aliphatic carbocycles. The van der Waals surface area contributed by atoms with Crippen LogP contribution in [0.15, 0.2) is 78.9 Å². The number of hydrogen-bond donors (Lipinski definition) is 2. The number of nitrogens with zero attached hydrogens (tertiary/aromatic N) is 2. The zero-order valence-electron chi connectivity index (χ0n) is 19.7. The van der Waals surface area contributed by atoms with Crippen LogP contribution in [0.4, 0.5) is 16.2 Å². The number of benzene rings is 3. The number of hydrazine groups is 1. The fourth-order valence-electron chi connectivity index (χ4n) is 4.64. The molecule has 0 saturated carbocycles. The van der Waals surface area contributed by atoms with Gasteiger partial charge in [0.2, 0.25) is 0 Å². The Labute approximate surface area is 205 Å². The van der Waals surface area contributed by atoms with Crippen LogP contribution in [0.3, 0.4) is 0 Å². The molecule has 0 heterocycles. The molecule has 0 aliphatic heterocycles. The van der Waals surface area contributed by atoms with Gasteiger partial charge >= 0.3 is 12.0 Å². The maximum absolute atomic E-state index is 13.2. The van der Waals surface area contributed by atoms with Crippen molar-refractivity contribution < 1.29 is 19.5 Å². The first-order valence-electron chi connectivity index (χ1n) is 11.7. The van der Waals surface area contributed by atoms with Gasteiger partial charge in [-0.3, -0.25) is 15.1 Å². The van der Waals surface area contributed by atoms with Crippen LogP contribution in [0, 0.1) is 5.92 Å². The number of rotatable bonds is 8. The van der Waals surface area contributed by atoms with E-state index >= 15 is 0 Å². The quantitative estimate of drug-likeness (QED) is 0.279. The summed E-state index contributed by atoms with van der Waals surface area (Å²) in [6.45, 7) is 0.664. The Morgan fingerprint density at radius 3 is 2.14 bits per heavy atom. The summed E-state index contributed by atoms with van der Waals surface area (Å²) in [6, 6.07) is 24.1. The average Bonchev–Trinajstić information content (AvgIpc) is 2.88. The molecular formula is C28H29N3O4. The van der Waals surface area contributed by atoms with E-state index in [9.17, 15) is 14.4 Å². The number of aliphatic carboxylic acids is 1. The summed E-state index contributed by atoms with van der Waals surface area (Å²) in [7, 11) is 1.85. The number of nitrogens with one attached hydrogen (secondary N) is 1. The highest BCUT2D eigenvalue weighted by Gasteiger charge is 2.26. The molecule has 7 nitrogen and oxygen atoms in total. The van der Waals surface area contributed by atoms with Crippen LogP contribution in [-0.2, 0) is 17.6 Å². The first-order valence-corrected chi connectivity index (χ1v) is 11.7. The number of fused-ring (bicyclic) bond motifs is 1. The number of ketones is 1. The Morgan fingerprint density at radius 1 is 0.914 bits per heavy atom. The van der Waals surface area contributed by atoms with Crippen molar-refractivity contribution in [2.45, 2.75) is 25.7 Å². The summed E-state index contributed by atoms with van der Waals surface area (Å²) in [5.74, 6) is -1.88. The molecule has 0 bridgehead atoms. The number of carboxylic acids is 1. The van der Waals surface area contributed by atoms with E-state index in [2.05, 4.69) is 5.43 Å². The van der Waals surface area contributed by atoms with E-state index in [4.69, 9.17) is 5.11 Å². The summed E-state index contributed by atoms with van der Waals surface area (Å²) in [4.78, 5) is 38.0. The van der Waals surface area contributed by atoms with Crippen LogP contribution in [0.25, 0.3) is 0 Å². The molecule has 0 fully saturated rings. The number of carboxylic acid groups (broad SMARTS) is 1. The molecule has 1 unspecified atom stereocenters. The number of amides is 2. The second-order valence-corrected chi connectivity index (χ2v) is 8.82. The Balaban J connectivity index is 1.37. The van der Waals surface area contributed by atoms with Crippen LogP contribution in [-0.4, -0.2) is 41.5 Å². The Morgan fingerprint density at radius 2 is 1.54 bits per heavy atom. The lowest BCUT2D eigenvalue weighted by atomic mass is 9.80. The third-order valence-corrected chi connectivity index (χ3v) is 6.41. The van der Waals surface area contributed by atoms with Gasteiger partial charge in [-0.25, -0.2) is 14.6 Å². The fraction of sp³-hybridized carbons (Fsp3) is 0.250. The lowest BCUT2D eigenvalue weighted by molar-refractivity contribution is -0.131. The van der Waals surface area contributed by atoms with E-state index in [-0.39, 0.29) is 6.03 Å². The summed E-state index contributed by atoms with van der Waals surface area (Å²) in [6.07, 6.45) is 3.21. The zero-order chi connectivity index (χ0) is 24.8. The molecule has 0 saturated heterocycles. The van der Waals surface area contributed by atoms with Gasteiger partial charge in [-0.15, -0.1) is 0 Å². The Bertz CT molecular complexity index is 1160. The fourth-order valence-corrected chi connectivity index (χ4v) is 4.64. The van der Waals surface area contributed by atoms with Crippen molar-refractivity contribution >= 4 is 29.2 Å². The predicted octanol–water partition coefficient (Wildman–Crippen LogP) is 4.84. The third-order valence-electron chi connectivity index (χ3n) is 6.41. The number of carbonyl (C=O) groups is 3. The van der Waals surface area contributed by atoms with Gasteiger partial charge in [0, 0.05) is 19.2 Å². The van der Waals surface area contributed by atoms with Gasteiger partial charge in [0.25, 0.3) is 5.78 Å². The molecule has 35 heavy (non-hydrogen) atoms. The molecule has 180 valence electrons. The average molecular weight is 472 g/mol. The van der Waals surface area contributed by atoms with Crippen molar-refractivity contribution in [2.24, 2.45) is 5.92 Å². The molecule has 0 radical (unpaired) electrons. The predicted molar refractivity (Wildman–Crippen MR) is 135 cm³/mol. The molecule has 3 aromatic rings. The number of anilines is 2. The van der Waals surface area contributed by atoms with E-state index in [0.29, 0.717) is 24.4 Å². The molecule has 2 N–H and O–H groups in total. The number of para-hydroxylation sites is 2. The van der Waals surface area contributed by atoms with Crippen molar-refractivity contribution in [3.63, 3.8) is 0 Å². The van der Waals surface area contributed by atoms with E-state index < -0.39 is 11.8 Å². The maximum Gasteiger partial charge on any atom is 0.377 e. The monoisotopic (exact) mass is 471 g/mol. The number of Topliss-reactive ketones (excluding diaryl/α,β-unsaturated/α-hetero) is 1. The standard InChI is InChI=1S/C28H29N3O4/c1-30(29-28(35)31(22-10-4-2-5-11-22)23-12-6-3-7-13-23)18-17-20-15-16-24-21(19-20)9-8-14-25(24)26(32)27(33)34/h2-14,20H,15-19H2,1H3,(H,29,35)(H,33,34). The SMILES string of the molecule is CN(CCC1CCc2c(cccc2C(=O)C(=O)O)C1)NC(=O)N(c1ccccc1)c1ccccc1. The van der Waals surface area contributed by atoms with Gasteiger partial charge in [-0.1, -0.05) is 54.6 Å². The lowest BCUT2D eigenvalue weighted by Crippen LogP contribution is -2.46. The molecule has 1 atom stereocenters. The van der Waals surface area contributed by atoms with Crippen molar-refractivity contribution in [1.29, 1.82) is 0 Å². The van der Waals surface area contributed by atoms with Gasteiger partial charge in [-0.2, -0.15) is 0 Å². The van der Waals surface area contributed by atoms with Crippen LogP contribution >= 0.6 is 0 Å². The lowest BCUT2D eigenvalue weighted by Gasteiger charge is -2.29. The van der Waals surface area contributed by atoms with Crippen LogP contribution in [0.1, 0.15) is 34.3 Å². The molecule has 7 heteroatoms. The van der Waals surface area contributed by atoms with Crippen LogP contribution in [0.5, 0.6) is 0 Å². The summed E-state index contributed by atoms with van der Waals surface area (Å²) in [5, 5.41) is 10.9. The molecule has 4 rings (SSSR count). The molecule has 0 aromatic heterocycles. The minimum atomic E-state index is -1.42. The van der Waals surface area contributed by atoms with Gasteiger partial charge in [0.15, 0.2) is 0 Å². The zero-order valence-corrected chi connectivity index (χ0v) is 19.7. The second kappa shape index (κ2) is 11.0. The van der Waals surface area contributed by atoms with Gasteiger partial charge in [-0.05, 0) is 67.0 Å². The van der Waals surface area contributed by atoms with E-state index in [1.54, 1.807) is 22.0 Å². The third kappa shape index (κ3) is 5.75. The highest BCUT2D eigenvalue weighted by atomic mass is 16.4. The summed E-state index contributed by atoms with van der Waals surface area (Å²) in [5.41, 5.74) is 6.75. The minimum Gasteiger partial charge on any atom is -0.475 e. The number of carbonyl (C=O) groups excluding carboxylic acids is 2. The molecule has 3 aromatic carbocycles.